The number of hydrogen-bond donors (Lipinski definition) is 0. The highest BCUT2D eigenvalue weighted by Gasteiger charge is 2.31. The number of sulfonamides is 1. The molecule has 1 aliphatic rings. The maximum Gasteiger partial charge on any atom is 0.265 e. The molecule has 2 aromatic carbocycles. The van der Waals surface area contributed by atoms with Crippen LogP contribution in [0.5, 0.6) is 0 Å². The molecule has 8 heteroatoms. The topological polar surface area (TPSA) is 57.7 Å². The van der Waals surface area contributed by atoms with E-state index in [1.54, 1.807) is 46.6 Å². The lowest BCUT2D eigenvalue weighted by atomic mass is 10.0. The van der Waals surface area contributed by atoms with Crippen LogP contribution < -0.4 is 4.31 Å². The molecule has 0 bridgehead atoms. The van der Waals surface area contributed by atoms with Crippen molar-refractivity contribution in [3.05, 3.63) is 81.0 Å². The molecule has 0 aliphatic carbocycles. The van der Waals surface area contributed by atoms with E-state index in [2.05, 4.69) is 6.07 Å². The van der Waals surface area contributed by atoms with Crippen molar-refractivity contribution in [2.75, 3.05) is 17.9 Å². The number of anilines is 1. The Balaban J connectivity index is 1.68. The van der Waals surface area contributed by atoms with Crippen LogP contribution in [-0.4, -0.2) is 32.8 Å². The molecular weight excluding hydrogens is 440 g/mol. The Morgan fingerprint density at radius 3 is 2.63 bits per heavy atom. The number of thiophene rings is 1. The number of hydrogen-bond acceptors (Lipinski definition) is 4. The number of carbonyl (C=O) groups excluding carboxylic acids is 1. The second-order valence-corrected chi connectivity index (χ2v) is 10.5. The van der Waals surface area contributed by atoms with E-state index in [9.17, 15) is 13.2 Å². The van der Waals surface area contributed by atoms with Gasteiger partial charge in [-0.25, -0.2) is 8.42 Å². The first kappa shape index (κ1) is 20.9. The number of carbonyl (C=O) groups is 1. The minimum Gasteiger partial charge on any atom is -0.331 e. The van der Waals surface area contributed by atoms with Gasteiger partial charge in [-0.3, -0.25) is 9.10 Å². The summed E-state index contributed by atoms with van der Waals surface area (Å²) in [5.74, 6) is -0.199. The van der Waals surface area contributed by atoms with Gasteiger partial charge in [0.15, 0.2) is 0 Å². The van der Waals surface area contributed by atoms with E-state index in [1.165, 1.54) is 28.4 Å². The van der Waals surface area contributed by atoms with E-state index in [4.69, 9.17) is 11.6 Å². The van der Waals surface area contributed by atoms with Crippen molar-refractivity contribution in [3.8, 4) is 0 Å². The SMILES string of the molecule is CC1c2ccsc2CCN1C(=O)c1ccc(Cl)c(S(=O)(=O)N(C)c2ccccc2)c1. The molecule has 4 rings (SSSR count). The van der Waals surface area contributed by atoms with Crippen LogP contribution in [0.25, 0.3) is 0 Å². The minimum atomic E-state index is -3.93. The molecule has 1 aromatic heterocycles. The first-order valence-corrected chi connectivity index (χ1v) is 12.2. The summed E-state index contributed by atoms with van der Waals surface area (Å²) in [6.07, 6.45) is 0.804. The largest absolute Gasteiger partial charge is 0.331 e. The Bertz CT molecular complexity index is 1190. The number of nitrogens with zero attached hydrogens (tertiary/aromatic N) is 2. The smallest absolute Gasteiger partial charge is 0.265 e. The first-order chi connectivity index (χ1) is 14.3. The lowest BCUT2D eigenvalue weighted by molar-refractivity contribution is 0.0679. The fraction of sp³-hybridized carbons (Fsp3) is 0.227. The van der Waals surface area contributed by atoms with E-state index >= 15 is 0 Å². The third-order valence-electron chi connectivity index (χ3n) is 5.47. The lowest BCUT2D eigenvalue weighted by Gasteiger charge is -2.34. The highest BCUT2D eigenvalue weighted by Crippen LogP contribution is 2.35. The van der Waals surface area contributed by atoms with Crippen molar-refractivity contribution in [3.63, 3.8) is 0 Å². The van der Waals surface area contributed by atoms with Crippen molar-refractivity contribution < 1.29 is 13.2 Å². The zero-order valence-corrected chi connectivity index (χ0v) is 19.0. The Labute approximate surface area is 185 Å². The molecule has 1 amide bonds. The average molecular weight is 461 g/mol. The minimum absolute atomic E-state index is 0.0600. The van der Waals surface area contributed by atoms with Gasteiger partial charge in [0.1, 0.15) is 4.90 Å². The maximum absolute atomic E-state index is 13.2. The van der Waals surface area contributed by atoms with Crippen molar-refractivity contribution in [2.24, 2.45) is 0 Å². The normalized spacial score (nSPS) is 16.2. The number of benzene rings is 2. The van der Waals surface area contributed by atoms with Gasteiger partial charge >= 0.3 is 0 Å². The van der Waals surface area contributed by atoms with E-state index < -0.39 is 10.0 Å². The molecule has 30 heavy (non-hydrogen) atoms. The molecule has 2 heterocycles. The summed E-state index contributed by atoms with van der Waals surface area (Å²) in [7, 11) is -2.46. The third-order valence-corrected chi connectivity index (χ3v) is 8.74. The zero-order chi connectivity index (χ0) is 21.5. The Morgan fingerprint density at radius 2 is 1.90 bits per heavy atom. The van der Waals surface area contributed by atoms with E-state index in [-0.39, 0.29) is 21.9 Å². The molecule has 3 aromatic rings. The predicted molar refractivity (Wildman–Crippen MR) is 121 cm³/mol. The zero-order valence-electron chi connectivity index (χ0n) is 16.6. The Kier molecular flexibility index (Phi) is 5.61. The number of halogens is 1. The molecule has 1 unspecified atom stereocenters. The van der Waals surface area contributed by atoms with Gasteiger partial charge in [0.25, 0.3) is 15.9 Å². The van der Waals surface area contributed by atoms with Gasteiger partial charge in [-0.15, -0.1) is 11.3 Å². The van der Waals surface area contributed by atoms with Crippen molar-refractivity contribution in [1.82, 2.24) is 4.90 Å². The maximum atomic E-state index is 13.2. The average Bonchev–Trinajstić information content (AvgIpc) is 3.23. The Morgan fingerprint density at radius 1 is 1.17 bits per heavy atom. The monoisotopic (exact) mass is 460 g/mol. The quantitative estimate of drug-likeness (QED) is 0.551. The number of rotatable bonds is 4. The molecule has 0 N–H and O–H groups in total. The van der Waals surface area contributed by atoms with Crippen LogP contribution in [0.1, 0.15) is 33.8 Å². The van der Waals surface area contributed by atoms with Crippen molar-refractivity contribution in [2.45, 2.75) is 24.3 Å². The van der Waals surface area contributed by atoms with Crippen molar-refractivity contribution in [1.29, 1.82) is 0 Å². The summed E-state index contributed by atoms with van der Waals surface area (Å²) in [6, 6.07) is 15.2. The molecule has 0 spiro atoms. The standard InChI is InChI=1S/C22H21ClN2O3S2/c1-15-18-11-13-29-20(18)10-12-25(15)22(26)16-8-9-19(23)21(14-16)30(27,28)24(2)17-6-4-3-5-7-17/h3-9,11,13-15H,10,12H2,1-2H3. The highest BCUT2D eigenvalue weighted by atomic mass is 35.5. The summed E-state index contributed by atoms with van der Waals surface area (Å²) in [4.78, 5) is 16.3. The number of amides is 1. The van der Waals surface area contributed by atoms with Gasteiger partial charge in [-0.05, 0) is 60.7 Å². The summed E-state index contributed by atoms with van der Waals surface area (Å²) in [5.41, 5.74) is 1.98. The van der Waals surface area contributed by atoms with Crippen LogP contribution in [0.15, 0.2) is 64.9 Å². The van der Waals surface area contributed by atoms with Gasteiger partial charge in [0.05, 0.1) is 16.8 Å². The fourth-order valence-corrected chi connectivity index (χ4v) is 6.37. The second kappa shape index (κ2) is 8.06. The number of para-hydroxylation sites is 1. The molecule has 1 aliphatic heterocycles. The molecule has 5 nitrogen and oxygen atoms in total. The molecule has 0 saturated heterocycles. The summed E-state index contributed by atoms with van der Waals surface area (Å²) < 4.78 is 27.6. The van der Waals surface area contributed by atoms with Gasteiger partial charge in [-0.1, -0.05) is 29.8 Å². The molecule has 0 saturated carbocycles. The van der Waals surface area contributed by atoms with Crippen LogP contribution in [0.2, 0.25) is 5.02 Å². The van der Waals surface area contributed by atoms with Crippen LogP contribution in [0.3, 0.4) is 0 Å². The first-order valence-electron chi connectivity index (χ1n) is 9.51. The van der Waals surface area contributed by atoms with Crippen LogP contribution in [0, 0.1) is 0 Å². The molecule has 0 fully saturated rings. The summed E-state index contributed by atoms with van der Waals surface area (Å²) >= 11 is 7.96. The third kappa shape index (κ3) is 3.62. The van der Waals surface area contributed by atoms with E-state index in [0.717, 1.165) is 12.0 Å². The van der Waals surface area contributed by atoms with Gasteiger partial charge in [0.2, 0.25) is 0 Å². The van der Waals surface area contributed by atoms with Crippen LogP contribution >= 0.6 is 22.9 Å². The fourth-order valence-electron chi connectivity index (χ4n) is 3.71. The van der Waals surface area contributed by atoms with Gasteiger partial charge < -0.3 is 4.90 Å². The van der Waals surface area contributed by atoms with Gasteiger partial charge in [-0.2, -0.15) is 0 Å². The molecule has 1 atom stereocenters. The van der Waals surface area contributed by atoms with Crippen LogP contribution in [0.4, 0.5) is 5.69 Å². The molecule has 156 valence electrons. The van der Waals surface area contributed by atoms with Crippen LogP contribution in [-0.2, 0) is 16.4 Å². The Hall–Kier alpha value is -2.35. The van der Waals surface area contributed by atoms with E-state index in [0.29, 0.717) is 17.8 Å². The molecule has 0 radical (unpaired) electrons. The summed E-state index contributed by atoms with van der Waals surface area (Å²) in [5, 5.41) is 2.13. The predicted octanol–water partition coefficient (Wildman–Crippen LogP) is 4.99. The second-order valence-electron chi connectivity index (χ2n) is 7.18. The van der Waals surface area contributed by atoms with Crippen molar-refractivity contribution >= 4 is 44.6 Å². The number of fused-ring (bicyclic) bond motifs is 1. The van der Waals surface area contributed by atoms with Gasteiger partial charge in [0, 0.05) is 24.0 Å². The van der Waals surface area contributed by atoms with E-state index in [1.807, 2.05) is 18.4 Å². The highest BCUT2D eigenvalue weighted by molar-refractivity contribution is 7.93. The molecular formula is C22H21ClN2O3S2. The summed E-state index contributed by atoms with van der Waals surface area (Å²) in [6.45, 7) is 2.60. The lowest BCUT2D eigenvalue weighted by Crippen LogP contribution is -2.38.